The fraction of sp³-hybridized carbons (Fsp3) is 0.118. The van der Waals surface area contributed by atoms with Crippen molar-refractivity contribution in [3.05, 3.63) is 65.6 Å². The van der Waals surface area contributed by atoms with Crippen LogP contribution < -0.4 is 15.4 Å². The number of para-hydroxylation sites is 1. The Morgan fingerprint density at radius 3 is 2.65 bits per heavy atom. The summed E-state index contributed by atoms with van der Waals surface area (Å²) in [5.41, 5.74) is 0.599. The second-order valence-electron chi connectivity index (χ2n) is 5.18. The maximum absolute atomic E-state index is 13.7. The number of rotatable bonds is 6. The van der Waals surface area contributed by atoms with Gasteiger partial charge in [-0.1, -0.05) is 18.2 Å². The minimum absolute atomic E-state index is 0.0695. The Balaban J connectivity index is 1.73. The van der Waals surface area contributed by atoms with Crippen LogP contribution in [0.1, 0.15) is 5.56 Å². The lowest BCUT2D eigenvalue weighted by molar-refractivity contribution is 0.410. The number of nitrogens with zero attached hydrogens (tertiary/aromatic N) is 3. The molecule has 0 aliphatic carbocycles. The molecule has 9 heteroatoms. The molecule has 0 saturated carbocycles. The fourth-order valence-electron chi connectivity index (χ4n) is 2.22. The molecular weight excluding hydrogens is 347 g/mol. The van der Waals surface area contributed by atoms with Crippen LogP contribution in [0.15, 0.2) is 42.6 Å². The van der Waals surface area contributed by atoms with Crippen molar-refractivity contribution in [1.82, 2.24) is 15.2 Å². The first-order valence-corrected chi connectivity index (χ1v) is 7.54. The number of ether oxygens (including phenoxy) is 1. The Hall–Kier alpha value is -3.36. The third kappa shape index (κ3) is 3.82. The van der Waals surface area contributed by atoms with Gasteiger partial charge in [0.1, 0.15) is 5.75 Å². The van der Waals surface area contributed by atoms with Crippen LogP contribution in [0, 0.1) is 17.5 Å². The molecule has 0 saturated heterocycles. The molecule has 1 heterocycles. The highest BCUT2D eigenvalue weighted by atomic mass is 19.2. The topological polar surface area (TPSA) is 72.0 Å². The zero-order valence-electron chi connectivity index (χ0n) is 13.6. The van der Waals surface area contributed by atoms with Crippen molar-refractivity contribution in [2.75, 3.05) is 17.7 Å². The summed E-state index contributed by atoms with van der Waals surface area (Å²) in [7, 11) is 1.57. The summed E-state index contributed by atoms with van der Waals surface area (Å²) < 4.78 is 45.2. The summed E-state index contributed by atoms with van der Waals surface area (Å²) in [6, 6.07) is 9.29. The molecule has 0 bridgehead atoms. The molecule has 0 amide bonds. The standard InChI is InChI=1S/C17H14F3N5O/c1-26-13-5-3-2-4-10(13)8-21-14-9-22-25-17(24-14)23-12-7-6-11(18)15(19)16(12)20/h2-7,9H,8H2,1H3,(H2,21,23,24,25). The molecule has 2 aromatic carbocycles. The van der Waals surface area contributed by atoms with Gasteiger partial charge in [-0.15, -0.1) is 5.10 Å². The normalized spacial score (nSPS) is 10.5. The van der Waals surface area contributed by atoms with Gasteiger partial charge in [-0.25, -0.2) is 13.2 Å². The second-order valence-corrected chi connectivity index (χ2v) is 5.18. The minimum Gasteiger partial charge on any atom is -0.496 e. The highest BCUT2D eigenvalue weighted by molar-refractivity contribution is 5.55. The van der Waals surface area contributed by atoms with Gasteiger partial charge < -0.3 is 15.4 Å². The Labute approximate surface area is 147 Å². The van der Waals surface area contributed by atoms with Gasteiger partial charge in [-0.2, -0.15) is 10.1 Å². The van der Waals surface area contributed by atoms with Crippen molar-refractivity contribution in [3.63, 3.8) is 0 Å². The monoisotopic (exact) mass is 361 g/mol. The smallest absolute Gasteiger partial charge is 0.249 e. The number of anilines is 3. The second kappa shape index (κ2) is 7.68. The predicted molar refractivity (Wildman–Crippen MR) is 89.7 cm³/mol. The molecule has 0 spiro atoms. The van der Waals surface area contributed by atoms with Crippen LogP contribution in [-0.4, -0.2) is 22.3 Å². The van der Waals surface area contributed by atoms with Crippen LogP contribution >= 0.6 is 0 Å². The number of aromatic nitrogens is 3. The molecule has 0 radical (unpaired) electrons. The minimum atomic E-state index is -1.58. The van der Waals surface area contributed by atoms with Crippen LogP contribution in [0.4, 0.5) is 30.6 Å². The molecule has 26 heavy (non-hydrogen) atoms. The third-order valence-electron chi connectivity index (χ3n) is 3.49. The molecule has 0 aliphatic rings. The molecule has 2 N–H and O–H groups in total. The Kier molecular flexibility index (Phi) is 5.16. The zero-order valence-corrected chi connectivity index (χ0v) is 13.6. The number of hydrogen-bond donors (Lipinski definition) is 2. The quantitative estimate of drug-likeness (QED) is 0.653. The Morgan fingerprint density at radius 2 is 1.85 bits per heavy atom. The van der Waals surface area contributed by atoms with Crippen LogP contribution in [0.5, 0.6) is 5.75 Å². The predicted octanol–water partition coefficient (Wildman–Crippen LogP) is 3.65. The van der Waals surface area contributed by atoms with Gasteiger partial charge in [0.05, 0.1) is 19.0 Å². The first kappa shape index (κ1) is 17.5. The highest BCUT2D eigenvalue weighted by Crippen LogP contribution is 2.22. The van der Waals surface area contributed by atoms with E-state index in [1.165, 1.54) is 6.20 Å². The summed E-state index contributed by atoms with van der Waals surface area (Å²) in [5.74, 6) is -3.21. The van der Waals surface area contributed by atoms with Crippen LogP contribution in [0.25, 0.3) is 0 Å². The van der Waals surface area contributed by atoms with E-state index in [1.54, 1.807) is 7.11 Å². The maximum atomic E-state index is 13.7. The molecule has 3 rings (SSSR count). The first-order chi connectivity index (χ1) is 12.6. The number of halogens is 3. The molecule has 0 atom stereocenters. The van der Waals surface area contributed by atoms with E-state index in [1.807, 2.05) is 24.3 Å². The summed E-state index contributed by atoms with van der Waals surface area (Å²) in [6.07, 6.45) is 1.38. The van der Waals surface area contributed by atoms with E-state index in [9.17, 15) is 13.2 Å². The SMILES string of the molecule is COc1ccccc1CNc1cnnc(Nc2ccc(F)c(F)c2F)n1. The van der Waals surface area contributed by atoms with Crippen molar-refractivity contribution in [2.24, 2.45) is 0 Å². The molecule has 6 nitrogen and oxygen atoms in total. The fourth-order valence-corrected chi connectivity index (χ4v) is 2.22. The van der Waals surface area contributed by atoms with Gasteiger partial charge in [0.2, 0.25) is 5.95 Å². The maximum Gasteiger partial charge on any atom is 0.249 e. The zero-order chi connectivity index (χ0) is 18.5. The van der Waals surface area contributed by atoms with Gasteiger partial charge >= 0.3 is 0 Å². The van der Waals surface area contributed by atoms with Crippen molar-refractivity contribution in [3.8, 4) is 5.75 Å². The largest absolute Gasteiger partial charge is 0.496 e. The lowest BCUT2D eigenvalue weighted by Crippen LogP contribution is -2.07. The molecule has 134 valence electrons. The van der Waals surface area contributed by atoms with Crippen LogP contribution in [-0.2, 0) is 6.54 Å². The van der Waals surface area contributed by atoms with E-state index in [-0.39, 0.29) is 11.6 Å². The van der Waals surface area contributed by atoms with Crippen LogP contribution in [0.3, 0.4) is 0 Å². The van der Waals surface area contributed by atoms with Crippen LogP contribution in [0.2, 0.25) is 0 Å². The van der Waals surface area contributed by atoms with E-state index in [0.717, 1.165) is 17.7 Å². The van der Waals surface area contributed by atoms with Crippen molar-refractivity contribution in [2.45, 2.75) is 6.54 Å². The number of hydrogen-bond acceptors (Lipinski definition) is 6. The molecule has 1 aromatic heterocycles. The van der Waals surface area contributed by atoms with E-state index in [2.05, 4.69) is 25.8 Å². The van der Waals surface area contributed by atoms with E-state index in [4.69, 9.17) is 4.74 Å². The molecule has 0 unspecified atom stereocenters. The lowest BCUT2D eigenvalue weighted by Gasteiger charge is -2.11. The molecular formula is C17H14F3N5O. The number of methoxy groups -OCH3 is 1. The van der Waals surface area contributed by atoms with Gasteiger partial charge in [-0.3, -0.25) is 0 Å². The molecule has 3 aromatic rings. The first-order valence-electron chi connectivity index (χ1n) is 7.54. The average Bonchev–Trinajstić information content (AvgIpc) is 2.67. The third-order valence-corrected chi connectivity index (χ3v) is 3.49. The summed E-state index contributed by atoms with van der Waals surface area (Å²) in [4.78, 5) is 4.11. The summed E-state index contributed by atoms with van der Waals surface area (Å²) in [6.45, 7) is 0.404. The average molecular weight is 361 g/mol. The number of nitrogens with one attached hydrogen (secondary N) is 2. The van der Waals surface area contributed by atoms with Gasteiger partial charge in [-0.05, 0) is 18.2 Å². The Morgan fingerprint density at radius 1 is 1.04 bits per heavy atom. The summed E-state index contributed by atoms with van der Waals surface area (Å²) >= 11 is 0. The lowest BCUT2D eigenvalue weighted by atomic mass is 10.2. The Bertz CT molecular complexity index is 923. The van der Waals surface area contributed by atoms with Crippen molar-refractivity contribution in [1.29, 1.82) is 0 Å². The number of benzene rings is 2. The van der Waals surface area contributed by atoms with E-state index in [0.29, 0.717) is 18.1 Å². The molecule has 0 aliphatic heterocycles. The van der Waals surface area contributed by atoms with Crippen molar-refractivity contribution < 1.29 is 17.9 Å². The van der Waals surface area contributed by atoms with Gasteiger partial charge in [0, 0.05) is 12.1 Å². The highest BCUT2D eigenvalue weighted by Gasteiger charge is 2.14. The van der Waals surface area contributed by atoms with Crippen molar-refractivity contribution >= 4 is 17.5 Å². The van der Waals surface area contributed by atoms with Gasteiger partial charge in [0.25, 0.3) is 0 Å². The van der Waals surface area contributed by atoms with E-state index >= 15 is 0 Å². The molecule has 0 fully saturated rings. The van der Waals surface area contributed by atoms with E-state index < -0.39 is 17.5 Å². The summed E-state index contributed by atoms with van der Waals surface area (Å²) in [5, 5.41) is 12.9. The van der Waals surface area contributed by atoms with Gasteiger partial charge in [0.15, 0.2) is 23.3 Å².